The van der Waals surface area contributed by atoms with E-state index in [-0.39, 0.29) is 11.7 Å². The minimum absolute atomic E-state index is 0.145. The zero-order valence-electron chi connectivity index (χ0n) is 14.1. The summed E-state index contributed by atoms with van der Waals surface area (Å²) in [5, 5.41) is 5.06. The Hall–Kier alpha value is -2.60. The lowest BCUT2D eigenvalue weighted by Gasteiger charge is -2.11. The number of aryl methyl sites for hydroxylation is 1. The van der Waals surface area contributed by atoms with Crippen molar-refractivity contribution in [2.75, 3.05) is 6.61 Å². The minimum Gasteiger partial charge on any atom is -0.489 e. The largest absolute Gasteiger partial charge is 0.489 e. The molecule has 4 rings (SSSR count). The molecule has 0 aliphatic carbocycles. The van der Waals surface area contributed by atoms with Crippen molar-refractivity contribution in [1.29, 1.82) is 0 Å². The first-order valence-corrected chi connectivity index (χ1v) is 9.04. The average molecular weight is 414 g/mol. The average Bonchev–Trinajstić information content (AvgIpc) is 3.09. The molecule has 2 heterocycles. The number of hydrogen-bond acceptors (Lipinski definition) is 5. The topological polar surface area (TPSA) is 61.0 Å². The van der Waals surface area contributed by atoms with E-state index in [1.807, 2.05) is 43.3 Å². The summed E-state index contributed by atoms with van der Waals surface area (Å²) in [5.41, 5.74) is 2.99. The molecule has 1 aromatic heterocycles. The molecule has 0 unspecified atom stereocenters. The smallest absolute Gasteiger partial charge is 0.336 e. The third kappa shape index (κ3) is 3.51. The molecule has 0 saturated carbocycles. The normalized spacial score (nSPS) is 16.4. The number of benzene rings is 2. The van der Waals surface area contributed by atoms with Crippen LogP contribution in [0.3, 0.4) is 0 Å². The van der Waals surface area contributed by atoms with Gasteiger partial charge in [-0.15, -0.1) is 0 Å². The van der Waals surface area contributed by atoms with Gasteiger partial charge in [0.25, 0.3) is 0 Å². The van der Waals surface area contributed by atoms with Crippen molar-refractivity contribution in [3.63, 3.8) is 0 Å². The molecule has 1 aliphatic rings. The molecule has 1 aliphatic heterocycles. The zero-order chi connectivity index (χ0) is 18.1. The molecule has 0 bridgehead atoms. The lowest BCUT2D eigenvalue weighted by Crippen LogP contribution is -2.18. The number of hydrogen-bond donors (Lipinski definition) is 0. The third-order valence-electron chi connectivity index (χ3n) is 4.27. The van der Waals surface area contributed by atoms with Gasteiger partial charge in [-0.3, -0.25) is 0 Å². The van der Waals surface area contributed by atoms with Gasteiger partial charge >= 0.3 is 5.63 Å². The van der Waals surface area contributed by atoms with E-state index in [0.717, 1.165) is 26.7 Å². The van der Waals surface area contributed by atoms with E-state index in [1.165, 1.54) is 6.07 Å². The van der Waals surface area contributed by atoms with Crippen molar-refractivity contribution >= 4 is 32.6 Å². The Balaban J connectivity index is 1.41. The molecule has 0 N–H and O–H groups in total. The van der Waals surface area contributed by atoms with Gasteiger partial charge in [-0.25, -0.2) is 4.79 Å². The quantitative estimate of drug-likeness (QED) is 0.593. The summed E-state index contributed by atoms with van der Waals surface area (Å²) in [6.07, 6.45) is 0.539. The minimum atomic E-state index is -0.362. The van der Waals surface area contributed by atoms with E-state index in [0.29, 0.717) is 24.4 Å². The summed E-state index contributed by atoms with van der Waals surface area (Å²) in [6.45, 7) is 2.25. The van der Waals surface area contributed by atoms with Gasteiger partial charge in [0.2, 0.25) is 0 Å². The molecule has 132 valence electrons. The van der Waals surface area contributed by atoms with E-state index in [2.05, 4.69) is 21.1 Å². The van der Waals surface area contributed by atoms with Crippen LogP contribution < -0.4 is 10.4 Å². The number of rotatable bonds is 4. The fraction of sp³-hybridized carbons (Fsp3) is 0.200. The monoisotopic (exact) mass is 413 g/mol. The highest BCUT2D eigenvalue weighted by Crippen LogP contribution is 2.24. The molecule has 3 aromatic rings. The van der Waals surface area contributed by atoms with Crippen LogP contribution in [0.5, 0.6) is 5.75 Å². The van der Waals surface area contributed by atoms with Crippen LogP contribution in [0.25, 0.3) is 11.0 Å². The van der Waals surface area contributed by atoms with Gasteiger partial charge < -0.3 is 14.0 Å². The highest BCUT2D eigenvalue weighted by atomic mass is 79.9. The van der Waals surface area contributed by atoms with Crippen LogP contribution in [0, 0.1) is 6.92 Å². The summed E-state index contributed by atoms with van der Waals surface area (Å²) >= 11 is 3.42. The van der Waals surface area contributed by atoms with Crippen molar-refractivity contribution in [3.8, 4) is 5.75 Å². The van der Waals surface area contributed by atoms with Crippen LogP contribution in [0.1, 0.15) is 17.5 Å². The number of oxime groups is 1. The van der Waals surface area contributed by atoms with Gasteiger partial charge in [-0.2, -0.15) is 0 Å². The summed E-state index contributed by atoms with van der Waals surface area (Å²) < 4.78 is 12.1. The molecule has 0 amide bonds. The van der Waals surface area contributed by atoms with Crippen molar-refractivity contribution in [1.82, 2.24) is 0 Å². The van der Waals surface area contributed by atoms with Crippen LogP contribution in [-0.4, -0.2) is 18.4 Å². The summed E-state index contributed by atoms with van der Waals surface area (Å²) in [4.78, 5) is 17.0. The second kappa shape index (κ2) is 6.96. The van der Waals surface area contributed by atoms with E-state index in [4.69, 9.17) is 14.0 Å². The number of ether oxygens (including phenoxy) is 1. The second-order valence-electron chi connectivity index (χ2n) is 6.19. The van der Waals surface area contributed by atoms with Gasteiger partial charge in [0.15, 0.2) is 6.10 Å². The number of halogens is 1. The van der Waals surface area contributed by atoms with E-state index < -0.39 is 0 Å². The standard InChI is InChI=1S/C20H16BrNO4/c1-12-8-20(23)25-19-10-15(6-7-17(12)19)24-11-16-9-18(22-26-16)13-2-4-14(21)5-3-13/h2-8,10,16H,9,11H2,1H3/t16-/m1/s1. The van der Waals surface area contributed by atoms with Crippen molar-refractivity contribution in [2.24, 2.45) is 5.16 Å². The predicted octanol–water partition coefficient (Wildman–Crippen LogP) is 4.44. The molecule has 0 fully saturated rings. The van der Waals surface area contributed by atoms with Crippen molar-refractivity contribution < 1.29 is 14.0 Å². The van der Waals surface area contributed by atoms with E-state index in [1.54, 1.807) is 6.07 Å². The fourth-order valence-corrected chi connectivity index (χ4v) is 3.18. The predicted molar refractivity (Wildman–Crippen MR) is 103 cm³/mol. The maximum absolute atomic E-state index is 11.5. The molecule has 0 radical (unpaired) electrons. The van der Waals surface area contributed by atoms with Gasteiger partial charge in [0.05, 0.1) is 5.71 Å². The molecule has 0 saturated heterocycles. The molecular formula is C20H16BrNO4. The zero-order valence-corrected chi connectivity index (χ0v) is 15.7. The van der Waals surface area contributed by atoms with Crippen LogP contribution in [0.2, 0.25) is 0 Å². The van der Waals surface area contributed by atoms with Crippen LogP contribution in [0.4, 0.5) is 0 Å². The number of fused-ring (bicyclic) bond motifs is 1. The highest BCUT2D eigenvalue weighted by Gasteiger charge is 2.23. The SMILES string of the molecule is Cc1cc(=O)oc2cc(OC[C@H]3CC(c4ccc(Br)cc4)=NO3)ccc12. The molecule has 0 spiro atoms. The first kappa shape index (κ1) is 16.8. The first-order chi connectivity index (χ1) is 12.6. The Bertz CT molecular complexity index is 1040. The summed E-state index contributed by atoms with van der Waals surface area (Å²) in [7, 11) is 0. The van der Waals surface area contributed by atoms with Gasteiger partial charge in [0, 0.05) is 28.4 Å². The molecule has 6 heteroatoms. The number of nitrogens with zero attached hydrogens (tertiary/aromatic N) is 1. The fourth-order valence-electron chi connectivity index (χ4n) is 2.91. The molecule has 1 atom stereocenters. The maximum Gasteiger partial charge on any atom is 0.336 e. The van der Waals surface area contributed by atoms with Gasteiger partial charge in [-0.1, -0.05) is 33.2 Å². The second-order valence-corrected chi connectivity index (χ2v) is 7.11. The van der Waals surface area contributed by atoms with Gasteiger partial charge in [-0.05, 0) is 42.3 Å². The first-order valence-electron chi connectivity index (χ1n) is 8.24. The maximum atomic E-state index is 11.5. The molecule has 5 nitrogen and oxygen atoms in total. The Morgan fingerprint density at radius 3 is 2.81 bits per heavy atom. The van der Waals surface area contributed by atoms with Crippen LogP contribution in [-0.2, 0) is 4.84 Å². The molecule has 26 heavy (non-hydrogen) atoms. The Labute approximate surface area is 158 Å². The van der Waals surface area contributed by atoms with Crippen molar-refractivity contribution in [2.45, 2.75) is 19.4 Å². The van der Waals surface area contributed by atoms with Crippen LogP contribution in [0.15, 0.2) is 67.4 Å². The Morgan fingerprint density at radius 2 is 2.00 bits per heavy atom. The molecule has 2 aromatic carbocycles. The molecular weight excluding hydrogens is 398 g/mol. The van der Waals surface area contributed by atoms with E-state index in [9.17, 15) is 4.79 Å². The lowest BCUT2D eigenvalue weighted by molar-refractivity contribution is 0.0471. The van der Waals surface area contributed by atoms with Crippen LogP contribution >= 0.6 is 15.9 Å². The lowest BCUT2D eigenvalue weighted by atomic mass is 10.1. The van der Waals surface area contributed by atoms with E-state index >= 15 is 0 Å². The van der Waals surface area contributed by atoms with Gasteiger partial charge in [0.1, 0.15) is 17.9 Å². The Morgan fingerprint density at radius 1 is 1.19 bits per heavy atom. The Kier molecular flexibility index (Phi) is 4.51. The van der Waals surface area contributed by atoms with Crippen molar-refractivity contribution in [3.05, 3.63) is 74.6 Å². The summed E-state index contributed by atoms with van der Waals surface area (Å²) in [5.74, 6) is 0.631. The third-order valence-corrected chi connectivity index (χ3v) is 4.80. The summed E-state index contributed by atoms with van der Waals surface area (Å²) in [6, 6.07) is 14.9. The highest BCUT2D eigenvalue weighted by molar-refractivity contribution is 9.10.